The normalized spacial score (nSPS) is 28.4. The molecule has 0 aliphatic heterocycles. The minimum absolute atomic E-state index is 0.0689. The van der Waals surface area contributed by atoms with Crippen molar-refractivity contribution in [2.75, 3.05) is 0 Å². The first-order valence-electron chi connectivity index (χ1n) is 14.2. The van der Waals surface area contributed by atoms with E-state index in [0.29, 0.717) is 24.5 Å². The number of hydrogen-bond acceptors (Lipinski definition) is 3. The van der Waals surface area contributed by atoms with Gasteiger partial charge in [-0.2, -0.15) is 13.2 Å². The van der Waals surface area contributed by atoms with Gasteiger partial charge < -0.3 is 8.85 Å². The smallest absolute Gasteiger partial charge is 0.413 e. The number of hydrogen-bond donors (Lipinski definition) is 0. The van der Waals surface area contributed by atoms with Gasteiger partial charge in [0.2, 0.25) is 0 Å². The summed E-state index contributed by atoms with van der Waals surface area (Å²) < 4.78 is 53.2. The molecule has 0 saturated heterocycles. The lowest BCUT2D eigenvalue weighted by Gasteiger charge is -2.48. The second-order valence-electron chi connectivity index (χ2n) is 14.8. The predicted molar refractivity (Wildman–Crippen MR) is 152 cm³/mol. The predicted octanol–water partition coefficient (Wildman–Crippen LogP) is 9.31. The fourth-order valence-corrected chi connectivity index (χ4v) is 10.1. The van der Waals surface area contributed by atoms with E-state index >= 15 is 0 Å². The van der Waals surface area contributed by atoms with E-state index in [4.69, 9.17) is 8.85 Å². The lowest BCUT2D eigenvalue weighted by atomic mass is 9.56. The first-order valence-corrected chi connectivity index (χ1v) is 21.0. The molecular formula is C29H53F3O3Si2. The van der Waals surface area contributed by atoms with E-state index in [-0.39, 0.29) is 22.3 Å². The highest BCUT2D eigenvalue weighted by Gasteiger charge is 2.56. The molecule has 3 nitrogen and oxygen atoms in total. The zero-order chi connectivity index (χ0) is 28.5. The van der Waals surface area contributed by atoms with Gasteiger partial charge in [0.25, 0.3) is 0 Å². The molecule has 1 unspecified atom stereocenters. The van der Waals surface area contributed by atoms with Crippen LogP contribution in [0.2, 0.25) is 39.3 Å². The van der Waals surface area contributed by atoms with Gasteiger partial charge >= 0.3 is 6.18 Å². The van der Waals surface area contributed by atoms with Gasteiger partial charge in [-0.25, -0.2) is 0 Å². The van der Waals surface area contributed by atoms with Gasteiger partial charge in [0.1, 0.15) is 5.78 Å². The third kappa shape index (κ3) is 9.31. The molecule has 2 rings (SSSR count). The van der Waals surface area contributed by atoms with Crippen LogP contribution in [-0.4, -0.2) is 40.3 Å². The quantitative estimate of drug-likeness (QED) is 0.176. The third-order valence-electron chi connectivity index (χ3n) is 8.51. The molecule has 0 aromatic rings. The molecule has 37 heavy (non-hydrogen) atoms. The standard InChI is InChI=1S/C29H53F3O3Si2/c1-26(2,35-37(8,9)10)18-13-20-27(3,19-12-15-25(29(30,31)32)34-36(5,6)7)24-17-16-22-23(33)14-11-21-28(22,24)4/h12,15,22,24-25H,11,13-14,16-21H2,1-10H3/t22-,24+,25?,27+,28-/m0/s1. The van der Waals surface area contributed by atoms with Gasteiger partial charge in [-0.3, -0.25) is 4.79 Å². The molecule has 0 aromatic heterocycles. The molecule has 0 radical (unpaired) electrons. The van der Waals surface area contributed by atoms with Crippen molar-refractivity contribution in [3.05, 3.63) is 12.2 Å². The summed E-state index contributed by atoms with van der Waals surface area (Å²) in [6, 6.07) is 0. The van der Waals surface area contributed by atoms with Gasteiger partial charge in [0.05, 0.1) is 5.60 Å². The number of carbonyl (C=O) groups is 1. The minimum Gasteiger partial charge on any atom is -0.413 e. The third-order valence-corrected chi connectivity index (χ3v) is 10.6. The maximum atomic E-state index is 13.8. The van der Waals surface area contributed by atoms with Crippen LogP contribution in [0.4, 0.5) is 13.2 Å². The second kappa shape index (κ2) is 11.6. The maximum Gasteiger partial charge on any atom is 0.417 e. The molecule has 2 saturated carbocycles. The molecule has 0 bridgehead atoms. The second-order valence-corrected chi connectivity index (χ2v) is 23.7. The number of ketones is 1. The number of Topliss-reactive ketones (excluding diaryl/α,β-unsaturated/α-hetero) is 1. The Hall–Kier alpha value is -0.446. The van der Waals surface area contributed by atoms with Crippen LogP contribution in [0.15, 0.2) is 12.2 Å². The minimum atomic E-state index is -4.42. The summed E-state index contributed by atoms with van der Waals surface area (Å²) in [5, 5.41) is 0. The van der Waals surface area contributed by atoms with Crippen LogP contribution in [0.5, 0.6) is 0 Å². The van der Waals surface area contributed by atoms with Crippen LogP contribution in [0.25, 0.3) is 0 Å². The SMILES string of the molecule is CC(C)(CCC[C@@](C)(CC=CC(O[Si](C)(C)C)C(F)(F)F)[C@H]1CC[C@H]2C(=O)CCC[C@]12C)O[Si](C)(C)C. The number of halogens is 3. The van der Waals surface area contributed by atoms with Crippen molar-refractivity contribution in [3.8, 4) is 0 Å². The van der Waals surface area contributed by atoms with Crippen LogP contribution in [0, 0.1) is 22.7 Å². The summed E-state index contributed by atoms with van der Waals surface area (Å²) in [6.07, 6.45) is 4.51. The van der Waals surface area contributed by atoms with Crippen LogP contribution >= 0.6 is 0 Å². The Balaban J connectivity index is 2.29. The van der Waals surface area contributed by atoms with Gasteiger partial charge in [-0.15, -0.1) is 0 Å². The molecular weight excluding hydrogens is 509 g/mol. The van der Waals surface area contributed by atoms with E-state index < -0.39 is 28.9 Å². The molecule has 0 amide bonds. The molecule has 2 fully saturated rings. The first kappa shape index (κ1) is 32.8. The van der Waals surface area contributed by atoms with Gasteiger partial charge in [-0.1, -0.05) is 32.4 Å². The Labute approximate surface area is 226 Å². The molecule has 0 spiro atoms. The van der Waals surface area contributed by atoms with E-state index in [1.807, 2.05) is 0 Å². The summed E-state index contributed by atoms with van der Waals surface area (Å²) in [5.74, 6) is 0.793. The van der Waals surface area contributed by atoms with Crippen molar-refractivity contribution in [3.63, 3.8) is 0 Å². The fourth-order valence-electron chi connectivity index (χ4n) is 7.35. The number of carbonyl (C=O) groups excluding carboxylic acids is 1. The van der Waals surface area contributed by atoms with Gasteiger partial charge in [-0.05, 0) is 115 Å². The Morgan fingerprint density at radius 2 is 1.65 bits per heavy atom. The highest BCUT2D eigenvalue weighted by molar-refractivity contribution is 6.70. The monoisotopic (exact) mass is 562 g/mol. The average molecular weight is 563 g/mol. The molecule has 5 atom stereocenters. The van der Waals surface area contributed by atoms with Crippen LogP contribution in [0.1, 0.15) is 85.5 Å². The van der Waals surface area contributed by atoms with Crippen molar-refractivity contribution >= 4 is 22.4 Å². The molecule has 0 N–H and O–H groups in total. The zero-order valence-corrected chi connectivity index (χ0v) is 27.1. The molecule has 2 aliphatic carbocycles. The summed E-state index contributed by atoms with van der Waals surface area (Å²) in [6.45, 7) is 20.8. The Morgan fingerprint density at radius 1 is 1.03 bits per heavy atom. The number of fused-ring (bicyclic) bond motifs is 1. The lowest BCUT2D eigenvalue weighted by molar-refractivity contribution is -0.182. The summed E-state index contributed by atoms with van der Waals surface area (Å²) >= 11 is 0. The Bertz CT molecular complexity index is 813. The van der Waals surface area contributed by atoms with E-state index in [9.17, 15) is 18.0 Å². The Kier molecular flexibility index (Phi) is 10.3. The van der Waals surface area contributed by atoms with E-state index in [2.05, 4.69) is 47.3 Å². The first-order chi connectivity index (χ1) is 16.6. The Morgan fingerprint density at radius 3 is 2.19 bits per heavy atom. The maximum absolute atomic E-state index is 13.8. The lowest BCUT2D eigenvalue weighted by Crippen LogP contribution is -2.44. The van der Waals surface area contributed by atoms with E-state index in [1.54, 1.807) is 25.7 Å². The summed E-state index contributed by atoms with van der Waals surface area (Å²) in [5.41, 5.74) is -0.487. The largest absolute Gasteiger partial charge is 0.417 e. The molecule has 2 aliphatic rings. The van der Waals surface area contributed by atoms with Crippen molar-refractivity contribution in [2.24, 2.45) is 22.7 Å². The molecule has 0 aromatic carbocycles. The zero-order valence-electron chi connectivity index (χ0n) is 25.1. The van der Waals surface area contributed by atoms with Crippen LogP contribution in [0.3, 0.4) is 0 Å². The van der Waals surface area contributed by atoms with E-state index in [1.165, 1.54) is 6.08 Å². The van der Waals surface area contributed by atoms with Crippen molar-refractivity contribution in [1.29, 1.82) is 0 Å². The summed E-state index contributed by atoms with van der Waals surface area (Å²) in [7, 11) is -4.07. The highest BCUT2D eigenvalue weighted by Crippen LogP contribution is 2.61. The molecule has 216 valence electrons. The van der Waals surface area contributed by atoms with E-state index in [0.717, 1.165) is 44.9 Å². The highest BCUT2D eigenvalue weighted by atomic mass is 28.4. The van der Waals surface area contributed by atoms with Crippen LogP contribution < -0.4 is 0 Å². The molecule has 0 heterocycles. The van der Waals surface area contributed by atoms with Crippen LogP contribution in [-0.2, 0) is 13.6 Å². The van der Waals surface area contributed by atoms with Crippen molar-refractivity contribution < 1.29 is 26.8 Å². The number of rotatable bonds is 12. The number of allylic oxidation sites excluding steroid dienone is 1. The van der Waals surface area contributed by atoms with Crippen molar-refractivity contribution in [1.82, 2.24) is 0 Å². The number of alkyl halides is 3. The molecule has 8 heteroatoms. The van der Waals surface area contributed by atoms with Gasteiger partial charge in [0.15, 0.2) is 22.7 Å². The van der Waals surface area contributed by atoms with Gasteiger partial charge in [0, 0.05) is 12.3 Å². The summed E-state index contributed by atoms with van der Waals surface area (Å²) in [4.78, 5) is 12.8. The fraction of sp³-hybridized carbons (Fsp3) is 0.897. The van der Waals surface area contributed by atoms with Crippen molar-refractivity contribution in [2.45, 2.75) is 143 Å². The average Bonchev–Trinajstić information content (AvgIpc) is 3.02. The topological polar surface area (TPSA) is 35.5 Å².